The number of nitrogens with one attached hydrogen (secondary N) is 2. The van der Waals surface area contributed by atoms with Gasteiger partial charge in [-0.25, -0.2) is 0 Å². The van der Waals surface area contributed by atoms with E-state index in [0.29, 0.717) is 24.2 Å². The van der Waals surface area contributed by atoms with Crippen LogP contribution in [0, 0.1) is 0 Å². The van der Waals surface area contributed by atoms with E-state index in [-0.39, 0.29) is 5.82 Å². The third-order valence-corrected chi connectivity index (χ3v) is 4.39. The van der Waals surface area contributed by atoms with Gasteiger partial charge in [0.1, 0.15) is 6.04 Å². The number of aliphatic hydroxyl groups is 1. The van der Waals surface area contributed by atoms with E-state index in [9.17, 15) is 14.7 Å². The van der Waals surface area contributed by atoms with Gasteiger partial charge in [0.2, 0.25) is 5.91 Å². The maximum atomic E-state index is 12.7. The van der Waals surface area contributed by atoms with Crippen LogP contribution in [0.3, 0.4) is 0 Å². The maximum absolute atomic E-state index is 12.7. The molecule has 1 aromatic heterocycles. The van der Waals surface area contributed by atoms with Crippen molar-refractivity contribution in [1.29, 1.82) is 0 Å². The Morgan fingerprint density at radius 1 is 1.03 bits per heavy atom. The quantitative estimate of drug-likeness (QED) is 0.545. The second-order valence-corrected chi connectivity index (χ2v) is 6.59. The lowest BCUT2D eigenvalue weighted by molar-refractivity contribution is -0.133. The molecule has 2 unspecified atom stereocenters. The summed E-state index contributed by atoms with van der Waals surface area (Å²) in [5.74, 6) is -0.271. The maximum Gasteiger partial charge on any atom is 0.254 e. The molecule has 0 fully saturated rings. The SMILES string of the molecule is CCCC(NC(=O)C(O)c1ccccc1)C(=O)Nc1cc(-c2ccccc2)on1. The molecule has 2 amide bonds. The average Bonchev–Trinajstić information content (AvgIpc) is 3.22. The van der Waals surface area contributed by atoms with E-state index in [1.807, 2.05) is 37.3 Å². The van der Waals surface area contributed by atoms with Gasteiger partial charge in [0.25, 0.3) is 5.91 Å². The molecule has 7 nitrogen and oxygen atoms in total. The largest absolute Gasteiger partial charge is 0.378 e. The number of hydrogen-bond donors (Lipinski definition) is 3. The van der Waals surface area contributed by atoms with E-state index in [4.69, 9.17) is 4.52 Å². The van der Waals surface area contributed by atoms with E-state index >= 15 is 0 Å². The van der Waals surface area contributed by atoms with Crippen molar-refractivity contribution in [3.05, 3.63) is 72.3 Å². The molecule has 150 valence electrons. The van der Waals surface area contributed by atoms with Crippen LogP contribution >= 0.6 is 0 Å². The first-order valence-corrected chi connectivity index (χ1v) is 9.45. The number of nitrogens with zero attached hydrogens (tertiary/aromatic N) is 1. The fraction of sp³-hybridized carbons (Fsp3) is 0.227. The van der Waals surface area contributed by atoms with Gasteiger partial charge in [-0.1, -0.05) is 79.2 Å². The minimum atomic E-state index is -1.35. The Labute approximate surface area is 168 Å². The van der Waals surface area contributed by atoms with Gasteiger partial charge in [0.15, 0.2) is 17.7 Å². The number of aromatic nitrogens is 1. The molecule has 0 aliphatic rings. The van der Waals surface area contributed by atoms with Crippen molar-refractivity contribution < 1.29 is 19.2 Å². The Morgan fingerprint density at radius 3 is 2.34 bits per heavy atom. The number of anilines is 1. The van der Waals surface area contributed by atoms with E-state index in [0.717, 1.165) is 5.56 Å². The lowest BCUT2D eigenvalue weighted by Gasteiger charge is -2.19. The van der Waals surface area contributed by atoms with Crippen LogP contribution in [0.15, 0.2) is 71.3 Å². The number of amides is 2. The number of benzene rings is 2. The molecule has 1 heterocycles. The predicted molar refractivity (Wildman–Crippen MR) is 109 cm³/mol. The summed E-state index contributed by atoms with van der Waals surface area (Å²) >= 11 is 0. The second-order valence-electron chi connectivity index (χ2n) is 6.59. The van der Waals surface area contributed by atoms with Crippen LogP contribution in [0.1, 0.15) is 31.4 Å². The van der Waals surface area contributed by atoms with Gasteiger partial charge in [-0.3, -0.25) is 9.59 Å². The van der Waals surface area contributed by atoms with Gasteiger partial charge in [-0.2, -0.15) is 0 Å². The van der Waals surface area contributed by atoms with E-state index in [1.165, 1.54) is 0 Å². The van der Waals surface area contributed by atoms with Crippen molar-refractivity contribution >= 4 is 17.6 Å². The first-order chi connectivity index (χ1) is 14.1. The Morgan fingerprint density at radius 2 is 1.69 bits per heavy atom. The molecule has 0 spiro atoms. The first-order valence-electron chi connectivity index (χ1n) is 9.45. The van der Waals surface area contributed by atoms with Crippen molar-refractivity contribution in [3.8, 4) is 11.3 Å². The van der Waals surface area contributed by atoms with Gasteiger partial charge in [0, 0.05) is 11.6 Å². The molecule has 0 aliphatic carbocycles. The summed E-state index contributed by atoms with van der Waals surface area (Å²) in [6, 6.07) is 18.8. The Hall–Kier alpha value is -3.45. The number of carbonyl (C=O) groups is 2. The lowest BCUT2D eigenvalue weighted by atomic mass is 10.1. The molecular formula is C22H23N3O4. The minimum Gasteiger partial charge on any atom is -0.378 e. The van der Waals surface area contributed by atoms with Crippen molar-refractivity contribution in [2.75, 3.05) is 5.32 Å². The Kier molecular flexibility index (Phi) is 6.76. The fourth-order valence-electron chi connectivity index (χ4n) is 2.88. The summed E-state index contributed by atoms with van der Waals surface area (Å²) in [6.07, 6.45) is -0.254. The van der Waals surface area contributed by atoms with Gasteiger partial charge >= 0.3 is 0 Å². The predicted octanol–water partition coefficient (Wildman–Crippen LogP) is 3.30. The highest BCUT2D eigenvalue weighted by Gasteiger charge is 2.25. The Balaban J connectivity index is 1.65. The molecule has 29 heavy (non-hydrogen) atoms. The van der Waals surface area contributed by atoms with Crippen molar-refractivity contribution in [1.82, 2.24) is 10.5 Å². The number of carbonyl (C=O) groups excluding carboxylic acids is 2. The lowest BCUT2D eigenvalue weighted by Crippen LogP contribution is -2.45. The molecule has 3 N–H and O–H groups in total. The summed E-state index contributed by atoms with van der Waals surface area (Å²) in [5.41, 5.74) is 1.30. The summed E-state index contributed by atoms with van der Waals surface area (Å²) in [4.78, 5) is 25.1. The topological polar surface area (TPSA) is 104 Å². The number of rotatable bonds is 8. The first kappa shape index (κ1) is 20.3. The molecule has 7 heteroatoms. The number of aliphatic hydroxyl groups excluding tert-OH is 1. The van der Waals surface area contributed by atoms with E-state index in [1.54, 1.807) is 36.4 Å². The molecule has 0 bridgehead atoms. The molecule has 0 radical (unpaired) electrons. The molecular weight excluding hydrogens is 370 g/mol. The highest BCUT2D eigenvalue weighted by molar-refractivity contribution is 5.97. The molecule has 2 atom stereocenters. The van der Waals surface area contributed by atoms with Crippen LogP contribution < -0.4 is 10.6 Å². The van der Waals surface area contributed by atoms with Crippen LogP contribution in [0.25, 0.3) is 11.3 Å². The van der Waals surface area contributed by atoms with Crippen molar-refractivity contribution in [2.45, 2.75) is 31.9 Å². The summed E-state index contributed by atoms with van der Waals surface area (Å²) in [7, 11) is 0. The van der Waals surface area contributed by atoms with E-state index in [2.05, 4.69) is 15.8 Å². The summed E-state index contributed by atoms with van der Waals surface area (Å²) < 4.78 is 5.28. The molecule has 0 saturated heterocycles. The third kappa shape index (κ3) is 5.30. The summed E-state index contributed by atoms with van der Waals surface area (Å²) in [5, 5.41) is 19.4. The average molecular weight is 393 g/mol. The summed E-state index contributed by atoms with van der Waals surface area (Å²) in [6.45, 7) is 1.91. The van der Waals surface area contributed by atoms with Gasteiger partial charge in [-0.15, -0.1) is 0 Å². The standard InChI is InChI=1S/C22H23N3O4/c1-2-9-17(23-22(28)20(26)16-12-7-4-8-13-16)21(27)24-19-14-18(29-25-19)15-10-5-3-6-11-15/h3-8,10-14,17,20,26H,2,9H2,1H3,(H,23,28)(H,24,25,27). The zero-order chi connectivity index (χ0) is 20.6. The Bertz CT molecular complexity index is 941. The smallest absolute Gasteiger partial charge is 0.254 e. The van der Waals surface area contributed by atoms with Crippen LogP contribution in [0.4, 0.5) is 5.82 Å². The second kappa shape index (κ2) is 9.66. The molecule has 0 saturated carbocycles. The zero-order valence-electron chi connectivity index (χ0n) is 16.0. The van der Waals surface area contributed by atoms with Crippen molar-refractivity contribution in [2.24, 2.45) is 0 Å². The van der Waals surface area contributed by atoms with Crippen molar-refractivity contribution in [3.63, 3.8) is 0 Å². The van der Waals surface area contributed by atoms with Gasteiger partial charge < -0.3 is 20.3 Å². The van der Waals surface area contributed by atoms with Crippen LogP contribution in [0.5, 0.6) is 0 Å². The van der Waals surface area contributed by atoms with Crippen LogP contribution in [-0.2, 0) is 9.59 Å². The monoisotopic (exact) mass is 393 g/mol. The molecule has 0 aliphatic heterocycles. The minimum absolute atomic E-state index is 0.257. The molecule has 3 rings (SSSR count). The fourth-order valence-corrected chi connectivity index (χ4v) is 2.88. The zero-order valence-corrected chi connectivity index (χ0v) is 16.0. The highest BCUT2D eigenvalue weighted by atomic mass is 16.5. The van der Waals surface area contributed by atoms with Crippen LogP contribution in [-0.4, -0.2) is 28.1 Å². The van der Waals surface area contributed by atoms with Crippen LogP contribution in [0.2, 0.25) is 0 Å². The normalized spacial score (nSPS) is 12.8. The van der Waals surface area contributed by atoms with E-state index < -0.39 is 24.0 Å². The molecule has 2 aromatic carbocycles. The van der Waals surface area contributed by atoms with Gasteiger partial charge in [0.05, 0.1) is 0 Å². The number of hydrogen-bond acceptors (Lipinski definition) is 5. The third-order valence-electron chi connectivity index (χ3n) is 4.39. The molecule has 3 aromatic rings. The van der Waals surface area contributed by atoms with Gasteiger partial charge in [-0.05, 0) is 12.0 Å². The highest BCUT2D eigenvalue weighted by Crippen LogP contribution is 2.22.